The van der Waals surface area contributed by atoms with Gasteiger partial charge in [-0.3, -0.25) is 14.2 Å². The van der Waals surface area contributed by atoms with Crippen LogP contribution in [0.5, 0.6) is 5.75 Å². The first kappa shape index (κ1) is 23.1. The summed E-state index contributed by atoms with van der Waals surface area (Å²) < 4.78 is 48.9. The van der Waals surface area contributed by atoms with Gasteiger partial charge in [-0.1, -0.05) is 12.1 Å². The van der Waals surface area contributed by atoms with Crippen LogP contribution in [0.25, 0.3) is 5.69 Å². The maximum absolute atomic E-state index is 14.3. The third-order valence-electron chi connectivity index (χ3n) is 5.41. The molecule has 1 heterocycles. The predicted octanol–water partition coefficient (Wildman–Crippen LogP) is 5.04. The van der Waals surface area contributed by atoms with Gasteiger partial charge in [0, 0.05) is 29.4 Å². The third kappa shape index (κ3) is 4.98. The molecule has 172 valence electrons. The Morgan fingerprint density at radius 1 is 1.15 bits per heavy atom. The van der Waals surface area contributed by atoms with Gasteiger partial charge in [0.25, 0.3) is 11.5 Å². The molecular weight excluding hydrogens is 501 g/mol. The molecule has 3 aromatic rings. The van der Waals surface area contributed by atoms with Crippen molar-refractivity contribution in [2.75, 3.05) is 6.54 Å². The SMILES string of the molecule is Cc1cc(OCc2ccc(F)cc2C(=O)NCC2CC2)c(Br)c(=O)n1-c1c(F)cccc1F. The van der Waals surface area contributed by atoms with Crippen molar-refractivity contribution in [1.82, 2.24) is 9.88 Å². The number of pyridine rings is 1. The van der Waals surface area contributed by atoms with E-state index in [2.05, 4.69) is 21.2 Å². The fourth-order valence-electron chi connectivity index (χ4n) is 3.46. The Labute approximate surface area is 196 Å². The summed E-state index contributed by atoms with van der Waals surface area (Å²) in [4.78, 5) is 25.4. The number of ether oxygens (including phenoxy) is 1. The van der Waals surface area contributed by atoms with Crippen LogP contribution in [0, 0.1) is 30.3 Å². The molecule has 2 aromatic carbocycles. The van der Waals surface area contributed by atoms with E-state index in [9.17, 15) is 22.8 Å². The monoisotopic (exact) mass is 520 g/mol. The molecular formula is C24H20BrF3N2O3. The predicted molar refractivity (Wildman–Crippen MR) is 120 cm³/mol. The van der Waals surface area contributed by atoms with Crippen molar-refractivity contribution in [2.24, 2.45) is 5.92 Å². The number of aryl methyl sites for hydroxylation is 1. The van der Waals surface area contributed by atoms with Gasteiger partial charge in [-0.05, 0) is 65.9 Å². The number of amides is 1. The molecule has 1 saturated carbocycles. The minimum Gasteiger partial charge on any atom is -0.487 e. The van der Waals surface area contributed by atoms with Crippen LogP contribution in [0.1, 0.15) is 34.5 Å². The van der Waals surface area contributed by atoms with Crippen LogP contribution in [-0.2, 0) is 6.61 Å². The number of aromatic nitrogens is 1. The maximum Gasteiger partial charge on any atom is 0.273 e. The molecule has 0 radical (unpaired) electrons. The number of rotatable bonds is 7. The Morgan fingerprint density at radius 2 is 1.85 bits per heavy atom. The van der Waals surface area contributed by atoms with Gasteiger partial charge in [-0.2, -0.15) is 0 Å². The van der Waals surface area contributed by atoms with E-state index >= 15 is 0 Å². The number of carbonyl (C=O) groups is 1. The molecule has 0 unspecified atom stereocenters. The Balaban J connectivity index is 1.61. The van der Waals surface area contributed by atoms with Crippen LogP contribution in [0.2, 0.25) is 0 Å². The van der Waals surface area contributed by atoms with E-state index in [-0.39, 0.29) is 28.1 Å². The Kier molecular flexibility index (Phi) is 6.60. The first-order valence-corrected chi connectivity index (χ1v) is 11.1. The fraction of sp³-hybridized carbons (Fsp3) is 0.250. The smallest absolute Gasteiger partial charge is 0.273 e. The number of para-hydroxylation sites is 1. The molecule has 1 amide bonds. The second kappa shape index (κ2) is 9.43. The highest BCUT2D eigenvalue weighted by atomic mass is 79.9. The largest absolute Gasteiger partial charge is 0.487 e. The summed E-state index contributed by atoms with van der Waals surface area (Å²) >= 11 is 3.15. The highest BCUT2D eigenvalue weighted by molar-refractivity contribution is 9.10. The van der Waals surface area contributed by atoms with Gasteiger partial charge >= 0.3 is 0 Å². The van der Waals surface area contributed by atoms with Gasteiger partial charge in [0.05, 0.1) is 0 Å². The third-order valence-corrected chi connectivity index (χ3v) is 6.14. The van der Waals surface area contributed by atoms with E-state index in [1.54, 1.807) is 0 Å². The van der Waals surface area contributed by atoms with Gasteiger partial charge in [-0.25, -0.2) is 13.2 Å². The zero-order valence-corrected chi connectivity index (χ0v) is 19.2. The van der Waals surface area contributed by atoms with Crippen LogP contribution in [-0.4, -0.2) is 17.0 Å². The summed E-state index contributed by atoms with van der Waals surface area (Å²) in [7, 11) is 0. The minimum absolute atomic E-state index is 0.0439. The molecule has 1 aliphatic carbocycles. The summed E-state index contributed by atoms with van der Waals surface area (Å²) in [5.41, 5.74) is -0.386. The highest BCUT2D eigenvalue weighted by Gasteiger charge is 2.23. The number of halogens is 4. The number of nitrogens with zero attached hydrogens (tertiary/aromatic N) is 1. The van der Waals surface area contributed by atoms with Crippen molar-refractivity contribution in [1.29, 1.82) is 0 Å². The summed E-state index contributed by atoms with van der Waals surface area (Å²) in [6.07, 6.45) is 2.13. The molecule has 33 heavy (non-hydrogen) atoms. The summed E-state index contributed by atoms with van der Waals surface area (Å²) in [6, 6.07) is 8.59. The van der Waals surface area contributed by atoms with Crippen LogP contribution in [0.3, 0.4) is 0 Å². The minimum atomic E-state index is -0.881. The lowest BCUT2D eigenvalue weighted by Gasteiger charge is -2.16. The quantitative estimate of drug-likeness (QED) is 0.474. The van der Waals surface area contributed by atoms with Crippen molar-refractivity contribution in [3.05, 3.63) is 91.6 Å². The average Bonchev–Trinajstić information content (AvgIpc) is 3.61. The zero-order valence-electron chi connectivity index (χ0n) is 17.6. The molecule has 0 atom stereocenters. The van der Waals surface area contributed by atoms with Gasteiger partial charge in [0.15, 0.2) is 0 Å². The normalized spacial score (nSPS) is 13.1. The lowest BCUT2D eigenvalue weighted by Crippen LogP contribution is -2.27. The molecule has 5 nitrogen and oxygen atoms in total. The Hall–Kier alpha value is -3.07. The molecule has 4 rings (SSSR count). The van der Waals surface area contributed by atoms with Crippen LogP contribution < -0.4 is 15.6 Å². The fourth-order valence-corrected chi connectivity index (χ4v) is 3.87. The molecule has 0 spiro atoms. The van der Waals surface area contributed by atoms with Crippen molar-refractivity contribution in [3.8, 4) is 11.4 Å². The summed E-state index contributed by atoms with van der Waals surface area (Å²) in [5.74, 6) is -2.13. The molecule has 1 fully saturated rings. The van der Waals surface area contributed by atoms with Crippen molar-refractivity contribution < 1.29 is 22.7 Å². The van der Waals surface area contributed by atoms with Crippen molar-refractivity contribution in [3.63, 3.8) is 0 Å². The second-order valence-corrected chi connectivity index (χ2v) is 8.71. The topological polar surface area (TPSA) is 60.3 Å². The zero-order chi connectivity index (χ0) is 23.7. The first-order chi connectivity index (χ1) is 15.8. The van der Waals surface area contributed by atoms with Crippen LogP contribution in [0.15, 0.2) is 51.7 Å². The lowest BCUT2D eigenvalue weighted by molar-refractivity contribution is 0.0948. The molecule has 0 bridgehead atoms. The Morgan fingerprint density at radius 3 is 2.52 bits per heavy atom. The number of benzene rings is 2. The standard InChI is InChI=1S/C24H20BrF3N2O3/c1-13-9-20(21(25)24(32)30(13)22-18(27)3-2-4-19(22)28)33-12-15-7-8-16(26)10-17(15)23(31)29-11-14-5-6-14/h2-4,7-10,14H,5-6,11-12H2,1H3,(H,29,31). The van der Waals surface area contributed by atoms with Gasteiger partial charge < -0.3 is 10.1 Å². The molecule has 1 aromatic heterocycles. The van der Waals surface area contributed by atoms with Gasteiger partial charge in [0.1, 0.15) is 40.0 Å². The Bertz CT molecular complexity index is 1270. The van der Waals surface area contributed by atoms with Crippen LogP contribution in [0.4, 0.5) is 13.2 Å². The van der Waals surface area contributed by atoms with E-state index in [0.29, 0.717) is 18.0 Å². The van der Waals surface area contributed by atoms with E-state index in [0.717, 1.165) is 35.6 Å². The molecule has 0 aliphatic heterocycles. The molecule has 9 heteroatoms. The number of carbonyl (C=O) groups excluding carboxylic acids is 1. The van der Waals surface area contributed by atoms with Crippen LogP contribution >= 0.6 is 15.9 Å². The van der Waals surface area contributed by atoms with E-state index < -0.39 is 34.6 Å². The lowest BCUT2D eigenvalue weighted by atomic mass is 10.1. The van der Waals surface area contributed by atoms with E-state index in [1.807, 2.05) is 0 Å². The first-order valence-electron chi connectivity index (χ1n) is 10.3. The number of hydrogen-bond donors (Lipinski definition) is 1. The van der Waals surface area contributed by atoms with Crippen molar-refractivity contribution >= 4 is 21.8 Å². The van der Waals surface area contributed by atoms with Gasteiger partial charge in [0.2, 0.25) is 0 Å². The van der Waals surface area contributed by atoms with Crippen molar-refractivity contribution in [2.45, 2.75) is 26.4 Å². The number of nitrogens with one attached hydrogen (secondary N) is 1. The maximum atomic E-state index is 14.3. The molecule has 1 N–H and O–H groups in total. The molecule has 0 saturated heterocycles. The van der Waals surface area contributed by atoms with E-state index in [1.165, 1.54) is 31.2 Å². The van der Waals surface area contributed by atoms with Gasteiger partial charge in [-0.15, -0.1) is 0 Å². The number of hydrogen-bond acceptors (Lipinski definition) is 3. The van der Waals surface area contributed by atoms with E-state index in [4.69, 9.17) is 4.74 Å². The summed E-state index contributed by atoms with van der Waals surface area (Å²) in [5, 5.41) is 2.80. The summed E-state index contributed by atoms with van der Waals surface area (Å²) in [6.45, 7) is 1.93. The highest BCUT2D eigenvalue weighted by Crippen LogP contribution is 2.29. The average molecular weight is 521 g/mol. The second-order valence-electron chi connectivity index (χ2n) is 7.92. The molecule has 1 aliphatic rings.